The maximum absolute atomic E-state index is 4.20. The summed E-state index contributed by atoms with van der Waals surface area (Å²) in [6.45, 7) is 0. The molecule has 0 N–H and O–H groups in total. The van der Waals surface area contributed by atoms with Gasteiger partial charge in [0.05, 0.1) is 11.9 Å². The quantitative estimate of drug-likeness (QED) is 0.693. The highest BCUT2D eigenvalue weighted by Crippen LogP contribution is 2.25. The van der Waals surface area contributed by atoms with E-state index in [-0.39, 0.29) is 0 Å². The van der Waals surface area contributed by atoms with E-state index in [9.17, 15) is 0 Å². The molecule has 1 saturated carbocycles. The summed E-state index contributed by atoms with van der Waals surface area (Å²) in [7, 11) is 0. The molecule has 1 aliphatic carbocycles. The highest BCUT2D eigenvalue weighted by atomic mass is 15.1. The topological polar surface area (TPSA) is 38.7 Å². The average molecular weight is 177 g/mol. The molecule has 0 spiro atoms. The molecule has 70 valence electrons. The second-order valence-corrected chi connectivity index (χ2v) is 3.80. The van der Waals surface area contributed by atoms with Crippen molar-refractivity contribution in [3.63, 3.8) is 0 Å². The molecule has 3 heteroatoms. The summed E-state index contributed by atoms with van der Waals surface area (Å²) in [4.78, 5) is 4.20. The average Bonchev–Trinajstić information content (AvgIpc) is 2.21. The summed E-state index contributed by atoms with van der Waals surface area (Å²) >= 11 is 0. The van der Waals surface area contributed by atoms with Gasteiger partial charge in [-0.15, -0.1) is 5.10 Å². The Morgan fingerprint density at radius 3 is 2.69 bits per heavy atom. The van der Waals surface area contributed by atoms with Gasteiger partial charge in [0, 0.05) is 0 Å². The number of aromatic nitrogens is 3. The van der Waals surface area contributed by atoms with Gasteiger partial charge in [0.1, 0.15) is 6.33 Å². The van der Waals surface area contributed by atoms with E-state index in [1.807, 2.05) is 0 Å². The zero-order valence-corrected chi connectivity index (χ0v) is 7.82. The van der Waals surface area contributed by atoms with Crippen LogP contribution in [0.4, 0.5) is 0 Å². The van der Waals surface area contributed by atoms with Crippen LogP contribution >= 0.6 is 0 Å². The first-order valence-corrected chi connectivity index (χ1v) is 5.07. The Morgan fingerprint density at radius 1 is 1.15 bits per heavy atom. The van der Waals surface area contributed by atoms with Crippen LogP contribution in [0.1, 0.15) is 37.8 Å². The summed E-state index contributed by atoms with van der Waals surface area (Å²) in [6.07, 6.45) is 11.3. The fraction of sp³-hybridized carbons (Fsp3) is 0.700. The molecule has 1 aromatic heterocycles. The second kappa shape index (κ2) is 4.30. The van der Waals surface area contributed by atoms with Crippen LogP contribution in [0.3, 0.4) is 0 Å². The van der Waals surface area contributed by atoms with Gasteiger partial charge in [0.15, 0.2) is 0 Å². The number of hydrogen-bond acceptors (Lipinski definition) is 3. The minimum atomic E-state index is 0.838. The fourth-order valence-corrected chi connectivity index (χ4v) is 2.06. The maximum atomic E-state index is 4.20. The molecule has 1 aromatic rings. The number of nitrogens with zero attached hydrogens (tertiary/aromatic N) is 3. The monoisotopic (exact) mass is 177 g/mol. The van der Waals surface area contributed by atoms with E-state index in [1.54, 1.807) is 6.20 Å². The normalized spacial score (nSPS) is 18.8. The van der Waals surface area contributed by atoms with Gasteiger partial charge < -0.3 is 0 Å². The lowest BCUT2D eigenvalue weighted by atomic mass is 9.86. The van der Waals surface area contributed by atoms with Gasteiger partial charge >= 0.3 is 0 Å². The number of hydrogen-bond donors (Lipinski definition) is 0. The molecule has 3 nitrogen and oxygen atoms in total. The lowest BCUT2D eigenvalue weighted by Crippen LogP contribution is -2.10. The summed E-state index contributed by atoms with van der Waals surface area (Å²) in [5.74, 6) is 0.838. The Labute approximate surface area is 78.6 Å². The van der Waals surface area contributed by atoms with Gasteiger partial charge in [-0.3, -0.25) is 0 Å². The van der Waals surface area contributed by atoms with Crippen LogP contribution in [0.25, 0.3) is 0 Å². The van der Waals surface area contributed by atoms with E-state index in [0.717, 1.165) is 18.0 Å². The Hall–Kier alpha value is -0.990. The molecule has 2 rings (SSSR count). The van der Waals surface area contributed by atoms with Crippen molar-refractivity contribution in [3.05, 3.63) is 18.2 Å². The van der Waals surface area contributed by atoms with E-state index in [0.29, 0.717) is 0 Å². The Bertz CT molecular complexity index is 242. The number of rotatable bonds is 2. The van der Waals surface area contributed by atoms with Crippen molar-refractivity contribution >= 4 is 0 Å². The minimum absolute atomic E-state index is 0.838. The highest BCUT2D eigenvalue weighted by Gasteiger charge is 2.14. The molecule has 1 aliphatic rings. The van der Waals surface area contributed by atoms with E-state index in [1.165, 1.54) is 38.4 Å². The van der Waals surface area contributed by atoms with Crippen molar-refractivity contribution in [1.29, 1.82) is 0 Å². The van der Waals surface area contributed by atoms with E-state index in [2.05, 4.69) is 15.2 Å². The molecule has 0 aromatic carbocycles. The van der Waals surface area contributed by atoms with Crippen LogP contribution in [0, 0.1) is 5.92 Å². The van der Waals surface area contributed by atoms with Crippen molar-refractivity contribution in [3.8, 4) is 0 Å². The summed E-state index contributed by atoms with van der Waals surface area (Å²) < 4.78 is 0. The highest BCUT2D eigenvalue weighted by molar-refractivity contribution is 4.93. The molecule has 0 saturated heterocycles. The van der Waals surface area contributed by atoms with Crippen LogP contribution in [-0.4, -0.2) is 15.2 Å². The first kappa shape index (κ1) is 8.60. The standard InChI is InChI=1S/C10H15N3/c1-2-4-9(5-3-1)6-10-7-12-13-8-11-10/h7-9H,1-6H2. The smallest absolute Gasteiger partial charge is 0.138 e. The summed E-state index contributed by atoms with van der Waals surface area (Å²) in [5.41, 5.74) is 1.10. The molecular formula is C10H15N3. The largest absolute Gasteiger partial charge is 0.238 e. The molecule has 0 aliphatic heterocycles. The van der Waals surface area contributed by atoms with Crippen LogP contribution in [0.15, 0.2) is 12.5 Å². The van der Waals surface area contributed by atoms with Gasteiger partial charge in [-0.25, -0.2) is 4.98 Å². The molecule has 0 radical (unpaired) electrons. The Kier molecular flexibility index (Phi) is 2.85. The predicted molar refractivity (Wildman–Crippen MR) is 50.1 cm³/mol. The SMILES string of the molecule is c1nncc(CC2CCCCC2)n1. The molecular weight excluding hydrogens is 162 g/mol. The summed E-state index contributed by atoms with van der Waals surface area (Å²) in [5, 5.41) is 7.52. The van der Waals surface area contributed by atoms with Gasteiger partial charge in [-0.05, 0) is 12.3 Å². The molecule has 1 heterocycles. The molecule has 0 amide bonds. The van der Waals surface area contributed by atoms with Crippen LogP contribution < -0.4 is 0 Å². The molecule has 0 bridgehead atoms. The third-order valence-corrected chi connectivity index (χ3v) is 2.77. The molecule has 0 unspecified atom stereocenters. The minimum Gasteiger partial charge on any atom is -0.238 e. The first-order chi connectivity index (χ1) is 6.45. The maximum Gasteiger partial charge on any atom is 0.138 e. The van der Waals surface area contributed by atoms with Crippen molar-refractivity contribution in [2.45, 2.75) is 38.5 Å². The van der Waals surface area contributed by atoms with Gasteiger partial charge in [0.25, 0.3) is 0 Å². The molecule has 0 atom stereocenters. The van der Waals surface area contributed by atoms with Crippen molar-refractivity contribution in [2.75, 3.05) is 0 Å². The van der Waals surface area contributed by atoms with E-state index >= 15 is 0 Å². The summed E-state index contributed by atoms with van der Waals surface area (Å²) in [6, 6.07) is 0. The molecule has 13 heavy (non-hydrogen) atoms. The lowest BCUT2D eigenvalue weighted by Gasteiger charge is -2.20. The predicted octanol–water partition coefficient (Wildman–Crippen LogP) is 1.99. The molecule has 1 fully saturated rings. The van der Waals surface area contributed by atoms with Gasteiger partial charge in [-0.1, -0.05) is 32.1 Å². The first-order valence-electron chi connectivity index (χ1n) is 5.07. The zero-order valence-electron chi connectivity index (χ0n) is 7.82. The Morgan fingerprint density at radius 2 is 2.00 bits per heavy atom. The van der Waals surface area contributed by atoms with Gasteiger partial charge in [0.2, 0.25) is 0 Å². The van der Waals surface area contributed by atoms with Crippen LogP contribution in [-0.2, 0) is 6.42 Å². The third-order valence-electron chi connectivity index (χ3n) is 2.77. The lowest BCUT2D eigenvalue weighted by molar-refractivity contribution is 0.353. The van der Waals surface area contributed by atoms with Crippen molar-refractivity contribution in [2.24, 2.45) is 5.92 Å². The Balaban J connectivity index is 1.90. The van der Waals surface area contributed by atoms with Gasteiger partial charge in [-0.2, -0.15) is 5.10 Å². The second-order valence-electron chi connectivity index (χ2n) is 3.80. The van der Waals surface area contributed by atoms with E-state index in [4.69, 9.17) is 0 Å². The van der Waals surface area contributed by atoms with Crippen molar-refractivity contribution < 1.29 is 0 Å². The van der Waals surface area contributed by atoms with Crippen LogP contribution in [0.2, 0.25) is 0 Å². The van der Waals surface area contributed by atoms with Crippen LogP contribution in [0.5, 0.6) is 0 Å². The van der Waals surface area contributed by atoms with E-state index < -0.39 is 0 Å². The zero-order chi connectivity index (χ0) is 8.93. The third kappa shape index (κ3) is 2.47. The van der Waals surface area contributed by atoms with Crippen molar-refractivity contribution in [1.82, 2.24) is 15.2 Å². The fourth-order valence-electron chi connectivity index (χ4n) is 2.06.